The maximum atomic E-state index is 5.54. The molecule has 0 aromatic carbocycles. The molecule has 1 unspecified atom stereocenters. The number of hydrazine groups is 1. The van der Waals surface area contributed by atoms with Gasteiger partial charge in [0, 0.05) is 12.1 Å². The smallest absolute Gasteiger partial charge is 0.105 e. The maximum absolute atomic E-state index is 5.54. The number of hydrogen-bond donors (Lipinski definition) is 2. The summed E-state index contributed by atoms with van der Waals surface area (Å²) in [5, 5.41) is 0. The predicted molar refractivity (Wildman–Crippen MR) is 61.5 cm³/mol. The van der Waals surface area contributed by atoms with Gasteiger partial charge in [0.25, 0.3) is 0 Å². The number of rotatable bonds is 4. The lowest BCUT2D eigenvalue weighted by Crippen LogP contribution is -2.30. The van der Waals surface area contributed by atoms with E-state index in [1.165, 1.54) is 0 Å². The molecule has 0 saturated heterocycles. The molecule has 0 amide bonds. The predicted octanol–water partition coefficient (Wildman–Crippen LogP) is 1.73. The monoisotopic (exact) mass is 217 g/mol. The van der Waals surface area contributed by atoms with Gasteiger partial charge >= 0.3 is 0 Å². The first-order valence-electron chi connectivity index (χ1n) is 5.21. The molecule has 0 aliphatic carbocycles. The highest BCUT2D eigenvalue weighted by atomic mass is 16.3. The molecule has 4 heteroatoms. The molecule has 16 heavy (non-hydrogen) atoms. The van der Waals surface area contributed by atoms with Gasteiger partial charge in [0.05, 0.1) is 18.0 Å². The topological polar surface area (TPSA) is 64.1 Å². The second-order valence-corrected chi connectivity index (χ2v) is 3.71. The average Bonchev–Trinajstić information content (AvgIpc) is 2.78. The summed E-state index contributed by atoms with van der Waals surface area (Å²) in [6.45, 7) is 1.96. The van der Waals surface area contributed by atoms with Crippen LogP contribution in [-0.2, 0) is 6.42 Å². The van der Waals surface area contributed by atoms with E-state index in [0.717, 1.165) is 17.1 Å². The van der Waals surface area contributed by atoms with Gasteiger partial charge in [0.1, 0.15) is 5.76 Å². The van der Waals surface area contributed by atoms with Crippen molar-refractivity contribution in [3.8, 4) is 0 Å². The Bertz CT molecular complexity index is 439. The molecule has 2 aromatic heterocycles. The molecule has 0 saturated carbocycles. The third-order valence-electron chi connectivity index (χ3n) is 2.45. The molecular weight excluding hydrogens is 202 g/mol. The van der Waals surface area contributed by atoms with Gasteiger partial charge in [-0.1, -0.05) is 6.07 Å². The lowest BCUT2D eigenvalue weighted by molar-refractivity contribution is 0.449. The van der Waals surface area contributed by atoms with Gasteiger partial charge in [-0.15, -0.1) is 0 Å². The van der Waals surface area contributed by atoms with Crippen molar-refractivity contribution in [1.29, 1.82) is 0 Å². The Hall–Kier alpha value is -1.65. The molecule has 0 radical (unpaired) electrons. The fourth-order valence-electron chi connectivity index (χ4n) is 1.64. The lowest BCUT2D eigenvalue weighted by atomic mass is 10.1. The van der Waals surface area contributed by atoms with Crippen molar-refractivity contribution in [3.63, 3.8) is 0 Å². The van der Waals surface area contributed by atoms with Gasteiger partial charge in [-0.25, -0.2) is 0 Å². The Balaban J connectivity index is 2.16. The Morgan fingerprint density at radius 3 is 2.88 bits per heavy atom. The maximum Gasteiger partial charge on any atom is 0.105 e. The Morgan fingerprint density at radius 1 is 1.38 bits per heavy atom. The van der Waals surface area contributed by atoms with E-state index in [9.17, 15) is 0 Å². The van der Waals surface area contributed by atoms with Crippen molar-refractivity contribution in [2.24, 2.45) is 5.84 Å². The van der Waals surface area contributed by atoms with E-state index in [1.807, 2.05) is 37.3 Å². The van der Waals surface area contributed by atoms with E-state index in [-0.39, 0.29) is 6.04 Å². The van der Waals surface area contributed by atoms with Crippen molar-refractivity contribution in [2.45, 2.75) is 19.4 Å². The van der Waals surface area contributed by atoms with Crippen molar-refractivity contribution in [1.82, 2.24) is 10.4 Å². The molecule has 0 bridgehead atoms. The highest BCUT2D eigenvalue weighted by Gasteiger charge is 2.13. The van der Waals surface area contributed by atoms with Crippen LogP contribution in [0, 0.1) is 6.92 Å². The number of nitrogens with one attached hydrogen (secondary N) is 1. The quantitative estimate of drug-likeness (QED) is 0.604. The molecule has 2 rings (SSSR count). The first-order chi connectivity index (χ1) is 7.79. The summed E-state index contributed by atoms with van der Waals surface area (Å²) in [6, 6.07) is 9.67. The normalized spacial score (nSPS) is 12.6. The highest BCUT2D eigenvalue weighted by Crippen LogP contribution is 2.16. The first kappa shape index (κ1) is 10.9. The highest BCUT2D eigenvalue weighted by molar-refractivity contribution is 5.15. The summed E-state index contributed by atoms with van der Waals surface area (Å²) in [6.07, 6.45) is 2.35. The molecule has 3 N–H and O–H groups in total. The fraction of sp³-hybridized carbons (Fsp3) is 0.250. The third-order valence-corrected chi connectivity index (χ3v) is 2.45. The lowest BCUT2D eigenvalue weighted by Gasteiger charge is -2.14. The summed E-state index contributed by atoms with van der Waals surface area (Å²) < 4.78 is 5.29. The fourth-order valence-corrected chi connectivity index (χ4v) is 1.64. The van der Waals surface area contributed by atoms with Crippen molar-refractivity contribution in [3.05, 3.63) is 53.7 Å². The summed E-state index contributed by atoms with van der Waals surface area (Å²) in [5.41, 5.74) is 4.67. The Kier molecular flexibility index (Phi) is 3.34. The molecule has 0 fully saturated rings. The number of furan rings is 1. The SMILES string of the molecule is Cc1cccc(C(Cc2ccco2)NN)n1. The van der Waals surface area contributed by atoms with Crippen molar-refractivity contribution in [2.75, 3.05) is 0 Å². The van der Waals surface area contributed by atoms with E-state index >= 15 is 0 Å². The van der Waals surface area contributed by atoms with E-state index in [4.69, 9.17) is 10.3 Å². The summed E-state index contributed by atoms with van der Waals surface area (Å²) in [5.74, 6) is 6.43. The molecule has 4 nitrogen and oxygen atoms in total. The van der Waals surface area contributed by atoms with Crippen LogP contribution in [0.3, 0.4) is 0 Å². The number of pyridine rings is 1. The van der Waals surface area contributed by atoms with Gasteiger partial charge in [-0.05, 0) is 31.2 Å². The molecule has 84 valence electrons. The van der Waals surface area contributed by atoms with Crippen LogP contribution in [-0.4, -0.2) is 4.98 Å². The molecule has 0 aliphatic rings. The summed E-state index contributed by atoms with van der Waals surface area (Å²) >= 11 is 0. The van der Waals surface area contributed by atoms with Crippen LogP contribution >= 0.6 is 0 Å². The average molecular weight is 217 g/mol. The van der Waals surface area contributed by atoms with Gasteiger partial charge in [0.15, 0.2) is 0 Å². The van der Waals surface area contributed by atoms with Gasteiger partial charge in [0.2, 0.25) is 0 Å². The number of nitrogens with zero attached hydrogens (tertiary/aromatic N) is 1. The van der Waals surface area contributed by atoms with Crippen molar-refractivity contribution >= 4 is 0 Å². The number of nitrogens with two attached hydrogens (primary N) is 1. The zero-order valence-electron chi connectivity index (χ0n) is 9.18. The minimum atomic E-state index is -0.0222. The van der Waals surface area contributed by atoms with Crippen LogP contribution in [0.1, 0.15) is 23.2 Å². The van der Waals surface area contributed by atoms with Gasteiger partial charge < -0.3 is 4.42 Å². The molecule has 2 aromatic rings. The van der Waals surface area contributed by atoms with Crippen LogP contribution in [0.4, 0.5) is 0 Å². The molecular formula is C12H15N3O. The molecule has 0 spiro atoms. The largest absolute Gasteiger partial charge is 0.469 e. The van der Waals surface area contributed by atoms with Crippen LogP contribution in [0.2, 0.25) is 0 Å². The van der Waals surface area contributed by atoms with E-state index in [2.05, 4.69) is 10.4 Å². The summed E-state index contributed by atoms with van der Waals surface area (Å²) in [4.78, 5) is 4.44. The second kappa shape index (κ2) is 4.92. The number of aromatic nitrogens is 1. The van der Waals surface area contributed by atoms with Crippen LogP contribution in [0.5, 0.6) is 0 Å². The minimum Gasteiger partial charge on any atom is -0.469 e. The molecule has 1 atom stereocenters. The molecule has 0 aliphatic heterocycles. The van der Waals surface area contributed by atoms with Crippen molar-refractivity contribution < 1.29 is 4.42 Å². The zero-order valence-corrected chi connectivity index (χ0v) is 9.18. The molecule has 2 heterocycles. The van der Waals surface area contributed by atoms with E-state index < -0.39 is 0 Å². The Labute approximate surface area is 94.5 Å². The van der Waals surface area contributed by atoms with Crippen LogP contribution in [0.25, 0.3) is 0 Å². The number of hydrogen-bond acceptors (Lipinski definition) is 4. The van der Waals surface area contributed by atoms with Crippen LogP contribution in [0.15, 0.2) is 41.0 Å². The third kappa shape index (κ3) is 2.48. The number of aryl methyl sites for hydroxylation is 1. The van der Waals surface area contributed by atoms with Crippen LogP contribution < -0.4 is 11.3 Å². The first-order valence-corrected chi connectivity index (χ1v) is 5.21. The van der Waals surface area contributed by atoms with Gasteiger partial charge in [-0.3, -0.25) is 16.3 Å². The Morgan fingerprint density at radius 2 is 2.25 bits per heavy atom. The van der Waals surface area contributed by atoms with E-state index in [0.29, 0.717) is 6.42 Å². The van der Waals surface area contributed by atoms with E-state index in [1.54, 1.807) is 6.26 Å². The summed E-state index contributed by atoms with van der Waals surface area (Å²) in [7, 11) is 0. The van der Waals surface area contributed by atoms with Gasteiger partial charge in [-0.2, -0.15) is 0 Å². The second-order valence-electron chi connectivity index (χ2n) is 3.71. The zero-order chi connectivity index (χ0) is 11.4. The standard InChI is InChI=1S/C12H15N3O/c1-9-4-2-6-11(14-9)12(15-13)8-10-5-3-7-16-10/h2-7,12,15H,8,13H2,1H3. The minimum absolute atomic E-state index is 0.0222.